The minimum atomic E-state index is 0.344. The molecule has 100 valence electrons. The molecule has 0 atom stereocenters. The molecular formula is C13H17N5O. The third-order valence-corrected chi connectivity index (χ3v) is 3.46. The Kier molecular flexibility index (Phi) is 3.31. The lowest BCUT2D eigenvalue weighted by molar-refractivity contribution is 0.380. The van der Waals surface area contributed by atoms with Crippen LogP contribution in [0.2, 0.25) is 0 Å². The number of nitrogens with one attached hydrogen (secondary N) is 2. The highest BCUT2D eigenvalue weighted by Crippen LogP contribution is 2.33. The largest absolute Gasteiger partial charge is 0.467 e. The van der Waals surface area contributed by atoms with Gasteiger partial charge in [-0.05, 0) is 18.9 Å². The monoisotopic (exact) mass is 259 g/mol. The zero-order valence-electron chi connectivity index (χ0n) is 10.9. The molecule has 1 aliphatic rings. The first-order valence-corrected chi connectivity index (χ1v) is 6.54. The van der Waals surface area contributed by atoms with Gasteiger partial charge in [0.15, 0.2) is 5.82 Å². The number of aromatic nitrogens is 4. The maximum atomic E-state index is 4.99. The van der Waals surface area contributed by atoms with Gasteiger partial charge < -0.3 is 10.1 Å². The van der Waals surface area contributed by atoms with Gasteiger partial charge in [0.2, 0.25) is 0 Å². The molecule has 2 heterocycles. The predicted octanol–water partition coefficient (Wildman–Crippen LogP) is 2.61. The van der Waals surface area contributed by atoms with Crippen molar-refractivity contribution in [3.05, 3.63) is 24.0 Å². The molecule has 0 amide bonds. The topological polar surface area (TPSA) is 75.7 Å². The molecule has 0 bridgehead atoms. The third-order valence-electron chi connectivity index (χ3n) is 3.46. The van der Waals surface area contributed by atoms with Crippen LogP contribution in [0, 0.1) is 0 Å². The van der Waals surface area contributed by atoms with Crippen molar-refractivity contribution in [2.75, 3.05) is 12.4 Å². The highest BCUT2D eigenvalue weighted by atomic mass is 16.5. The molecule has 0 aromatic carbocycles. The van der Waals surface area contributed by atoms with Gasteiger partial charge in [0.1, 0.15) is 5.82 Å². The van der Waals surface area contributed by atoms with Crippen molar-refractivity contribution in [2.45, 2.75) is 31.6 Å². The zero-order valence-corrected chi connectivity index (χ0v) is 10.9. The van der Waals surface area contributed by atoms with E-state index in [0.717, 1.165) is 5.82 Å². The van der Waals surface area contributed by atoms with Crippen molar-refractivity contribution in [2.24, 2.45) is 0 Å². The Labute approximate surface area is 111 Å². The molecule has 0 saturated heterocycles. The van der Waals surface area contributed by atoms with E-state index >= 15 is 0 Å². The standard InChI is InChI=1S/C13H17N5O/c1-19-13-14-7-6-11(16-13)15-12-8-10(17-18-12)9-4-2-3-5-9/h6-9H,2-5H2,1H3,(H2,14,15,16,17,18). The normalized spacial score (nSPS) is 15.6. The van der Waals surface area contributed by atoms with Crippen molar-refractivity contribution < 1.29 is 4.74 Å². The van der Waals surface area contributed by atoms with Crippen LogP contribution in [0.25, 0.3) is 0 Å². The van der Waals surface area contributed by atoms with Gasteiger partial charge in [0.05, 0.1) is 7.11 Å². The van der Waals surface area contributed by atoms with Gasteiger partial charge in [0, 0.05) is 23.9 Å². The Balaban J connectivity index is 1.72. The quantitative estimate of drug-likeness (QED) is 0.882. The molecule has 19 heavy (non-hydrogen) atoms. The summed E-state index contributed by atoms with van der Waals surface area (Å²) in [6.07, 6.45) is 6.79. The second-order valence-corrected chi connectivity index (χ2v) is 4.74. The van der Waals surface area contributed by atoms with Gasteiger partial charge in [-0.15, -0.1) is 0 Å². The van der Waals surface area contributed by atoms with Crippen molar-refractivity contribution in [3.8, 4) is 6.01 Å². The second-order valence-electron chi connectivity index (χ2n) is 4.74. The van der Waals surface area contributed by atoms with Crippen LogP contribution >= 0.6 is 0 Å². The summed E-state index contributed by atoms with van der Waals surface area (Å²) in [6.45, 7) is 0. The van der Waals surface area contributed by atoms with Crippen molar-refractivity contribution in [3.63, 3.8) is 0 Å². The van der Waals surface area contributed by atoms with Gasteiger partial charge in [-0.1, -0.05) is 12.8 Å². The Hall–Kier alpha value is -2.11. The Morgan fingerprint density at radius 1 is 1.32 bits per heavy atom. The molecule has 1 fully saturated rings. The molecular weight excluding hydrogens is 242 g/mol. The van der Waals surface area contributed by atoms with Gasteiger partial charge >= 0.3 is 6.01 Å². The van der Waals surface area contributed by atoms with E-state index in [-0.39, 0.29) is 0 Å². The molecule has 2 aromatic heterocycles. The summed E-state index contributed by atoms with van der Waals surface area (Å²) >= 11 is 0. The lowest BCUT2D eigenvalue weighted by Crippen LogP contribution is -1.97. The van der Waals surface area contributed by atoms with Crippen LogP contribution in [0.3, 0.4) is 0 Å². The van der Waals surface area contributed by atoms with Gasteiger partial charge in [-0.25, -0.2) is 4.98 Å². The zero-order chi connectivity index (χ0) is 13.1. The van der Waals surface area contributed by atoms with Crippen LogP contribution in [-0.4, -0.2) is 27.3 Å². The summed E-state index contributed by atoms with van der Waals surface area (Å²) in [5.41, 5.74) is 1.21. The summed E-state index contributed by atoms with van der Waals surface area (Å²) < 4.78 is 4.99. The Morgan fingerprint density at radius 2 is 2.16 bits per heavy atom. The minimum absolute atomic E-state index is 0.344. The first-order valence-electron chi connectivity index (χ1n) is 6.54. The number of rotatable bonds is 4. The summed E-state index contributed by atoms with van der Waals surface area (Å²) in [5.74, 6) is 2.09. The first-order chi connectivity index (χ1) is 9.35. The number of hydrogen-bond donors (Lipinski definition) is 2. The summed E-state index contributed by atoms with van der Waals surface area (Å²) in [6, 6.07) is 4.19. The molecule has 6 nitrogen and oxygen atoms in total. The van der Waals surface area contributed by atoms with Crippen LogP contribution < -0.4 is 10.1 Å². The average molecular weight is 259 g/mol. The highest BCUT2D eigenvalue weighted by molar-refractivity contribution is 5.51. The van der Waals surface area contributed by atoms with Crippen LogP contribution in [0.4, 0.5) is 11.6 Å². The average Bonchev–Trinajstić information content (AvgIpc) is 3.09. The van der Waals surface area contributed by atoms with Crippen LogP contribution in [0.5, 0.6) is 6.01 Å². The second kappa shape index (κ2) is 5.26. The molecule has 0 spiro atoms. The first kappa shape index (κ1) is 12.0. The van der Waals surface area contributed by atoms with Crippen LogP contribution in [0.1, 0.15) is 37.3 Å². The molecule has 3 rings (SSSR count). The number of ether oxygens (including phenoxy) is 1. The van der Waals surface area contributed by atoms with E-state index in [9.17, 15) is 0 Å². The van der Waals surface area contributed by atoms with Crippen LogP contribution in [0.15, 0.2) is 18.3 Å². The third kappa shape index (κ3) is 2.67. The summed E-state index contributed by atoms with van der Waals surface area (Å²) in [4.78, 5) is 8.16. The van der Waals surface area contributed by atoms with Crippen molar-refractivity contribution in [1.29, 1.82) is 0 Å². The van der Waals surface area contributed by atoms with E-state index in [1.807, 2.05) is 0 Å². The Morgan fingerprint density at radius 3 is 2.95 bits per heavy atom. The lowest BCUT2D eigenvalue weighted by Gasteiger charge is -2.04. The number of aromatic amines is 1. The maximum absolute atomic E-state index is 4.99. The van der Waals surface area contributed by atoms with E-state index in [1.165, 1.54) is 31.4 Å². The fourth-order valence-electron chi connectivity index (χ4n) is 2.49. The van der Waals surface area contributed by atoms with Gasteiger partial charge in [-0.3, -0.25) is 5.10 Å². The highest BCUT2D eigenvalue weighted by Gasteiger charge is 2.19. The molecule has 6 heteroatoms. The fourth-order valence-corrected chi connectivity index (χ4v) is 2.49. The summed E-state index contributed by atoms with van der Waals surface area (Å²) in [5, 5.41) is 10.5. The molecule has 0 radical (unpaired) electrons. The van der Waals surface area contributed by atoms with Crippen molar-refractivity contribution in [1.82, 2.24) is 20.2 Å². The number of nitrogens with zero attached hydrogens (tertiary/aromatic N) is 3. The molecule has 1 aliphatic carbocycles. The fraction of sp³-hybridized carbons (Fsp3) is 0.462. The van der Waals surface area contributed by atoms with Crippen LogP contribution in [-0.2, 0) is 0 Å². The number of anilines is 2. The van der Waals surface area contributed by atoms with E-state index in [1.54, 1.807) is 19.4 Å². The smallest absolute Gasteiger partial charge is 0.318 e. The molecule has 2 aromatic rings. The van der Waals surface area contributed by atoms with E-state index in [4.69, 9.17) is 4.74 Å². The lowest BCUT2D eigenvalue weighted by atomic mass is 10.0. The maximum Gasteiger partial charge on any atom is 0.318 e. The number of H-pyrrole nitrogens is 1. The predicted molar refractivity (Wildman–Crippen MR) is 71.7 cm³/mol. The Bertz CT molecular complexity index is 547. The molecule has 2 N–H and O–H groups in total. The number of methoxy groups -OCH3 is 1. The molecule has 1 saturated carbocycles. The molecule has 0 aliphatic heterocycles. The van der Waals surface area contributed by atoms with E-state index < -0.39 is 0 Å². The molecule has 0 unspecified atom stereocenters. The van der Waals surface area contributed by atoms with Gasteiger partial charge in [0.25, 0.3) is 0 Å². The van der Waals surface area contributed by atoms with Crippen molar-refractivity contribution >= 4 is 11.6 Å². The van der Waals surface area contributed by atoms with E-state index in [2.05, 4.69) is 31.5 Å². The SMILES string of the molecule is COc1nccc(Nc2cc(C3CCCC3)[nH]n2)n1. The van der Waals surface area contributed by atoms with Gasteiger partial charge in [-0.2, -0.15) is 10.1 Å². The van der Waals surface area contributed by atoms with E-state index in [0.29, 0.717) is 17.7 Å². The number of hydrogen-bond acceptors (Lipinski definition) is 5. The summed E-state index contributed by atoms with van der Waals surface area (Å²) in [7, 11) is 1.55. The minimum Gasteiger partial charge on any atom is -0.467 e.